The van der Waals surface area contributed by atoms with E-state index in [4.69, 9.17) is 9.97 Å². The van der Waals surface area contributed by atoms with Crippen molar-refractivity contribution in [3.63, 3.8) is 0 Å². The fourth-order valence-electron chi connectivity index (χ4n) is 5.55. The Morgan fingerprint density at radius 1 is 1.12 bits per heavy atom. The molecule has 0 radical (unpaired) electrons. The van der Waals surface area contributed by atoms with E-state index in [-0.39, 0.29) is 23.6 Å². The Bertz CT molecular complexity index is 1630. The maximum absolute atomic E-state index is 12.5. The summed E-state index contributed by atoms with van der Waals surface area (Å²) in [5, 5.41) is 7.64. The van der Waals surface area contributed by atoms with E-state index in [2.05, 4.69) is 33.2 Å². The van der Waals surface area contributed by atoms with E-state index in [1.165, 1.54) is 0 Å². The highest BCUT2D eigenvalue weighted by molar-refractivity contribution is 5.97. The lowest BCUT2D eigenvalue weighted by molar-refractivity contribution is -0.130. The number of nitrogens with zero attached hydrogens (tertiary/aromatic N) is 5. The van der Waals surface area contributed by atoms with E-state index in [1.54, 1.807) is 19.2 Å². The lowest BCUT2D eigenvalue weighted by Crippen LogP contribution is -2.37. The van der Waals surface area contributed by atoms with Crippen LogP contribution in [0, 0.1) is 5.92 Å². The van der Waals surface area contributed by atoms with Crippen LogP contribution in [0.5, 0.6) is 0 Å². The summed E-state index contributed by atoms with van der Waals surface area (Å²) in [7, 11) is 0. The van der Waals surface area contributed by atoms with Crippen LogP contribution in [0.3, 0.4) is 0 Å². The third-order valence-electron chi connectivity index (χ3n) is 7.77. The van der Waals surface area contributed by atoms with E-state index >= 15 is 0 Å². The van der Waals surface area contributed by atoms with Gasteiger partial charge in [-0.25, -0.2) is 4.98 Å². The zero-order valence-electron chi connectivity index (χ0n) is 22.6. The monoisotopic (exact) mass is 537 g/mol. The van der Waals surface area contributed by atoms with Gasteiger partial charge >= 0.3 is 0 Å². The van der Waals surface area contributed by atoms with Gasteiger partial charge in [-0.3, -0.25) is 24.4 Å². The van der Waals surface area contributed by atoms with Gasteiger partial charge in [-0.05, 0) is 23.6 Å². The Morgan fingerprint density at radius 2 is 2.00 bits per heavy atom. The molecule has 40 heavy (non-hydrogen) atoms. The fourth-order valence-corrected chi connectivity index (χ4v) is 5.55. The molecule has 1 aromatic carbocycles. The molecule has 3 amide bonds. The molecule has 1 atom stereocenters. The van der Waals surface area contributed by atoms with Crippen molar-refractivity contribution in [3.05, 3.63) is 66.0 Å². The summed E-state index contributed by atoms with van der Waals surface area (Å²) in [4.78, 5) is 52.0. The molecular formula is C30H31N7O3. The van der Waals surface area contributed by atoms with Crippen molar-refractivity contribution in [1.82, 2.24) is 35.1 Å². The van der Waals surface area contributed by atoms with E-state index in [0.29, 0.717) is 38.3 Å². The molecule has 204 valence electrons. The van der Waals surface area contributed by atoms with Gasteiger partial charge in [0.2, 0.25) is 11.8 Å². The summed E-state index contributed by atoms with van der Waals surface area (Å²) in [5.41, 5.74) is 4.83. The van der Waals surface area contributed by atoms with E-state index in [9.17, 15) is 14.4 Å². The highest BCUT2D eigenvalue weighted by Crippen LogP contribution is 2.34. The first kappa shape index (κ1) is 25.7. The van der Waals surface area contributed by atoms with Gasteiger partial charge in [0.25, 0.3) is 5.91 Å². The third kappa shape index (κ3) is 4.81. The van der Waals surface area contributed by atoms with Gasteiger partial charge in [-0.1, -0.05) is 25.1 Å². The van der Waals surface area contributed by atoms with Crippen LogP contribution in [-0.4, -0.2) is 61.8 Å². The van der Waals surface area contributed by atoms with Crippen molar-refractivity contribution >= 4 is 28.5 Å². The molecule has 2 aliphatic rings. The molecule has 1 fully saturated rings. The van der Waals surface area contributed by atoms with Crippen LogP contribution < -0.4 is 10.6 Å². The summed E-state index contributed by atoms with van der Waals surface area (Å²) in [5.74, 6) is 0.960. The van der Waals surface area contributed by atoms with E-state index < -0.39 is 0 Å². The number of carbonyl (C=O) groups is 3. The molecule has 10 nitrogen and oxygen atoms in total. The number of hydrogen-bond acceptors (Lipinski definition) is 6. The number of benzene rings is 1. The zero-order chi connectivity index (χ0) is 27.8. The Morgan fingerprint density at radius 3 is 2.73 bits per heavy atom. The van der Waals surface area contributed by atoms with Gasteiger partial charge in [0, 0.05) is 80.8 Å². The van der Waals surface area contributed by atoms with Crippen molar-refractivity contribution in [2.45, 2.75) is 39.8 Å². The van der Waals surface area contributed by atoms with Gasteiger partial charge < -0.3 is 20.1 Å². The molecule has 1 unspecified atom stereocenters. The number of amides is 3. The third-order valence-corrected chi connectivity index (χ3v) is 7.77. The number of hydrogen-bond donors (Lipinski definition) is 2. The van der Waals surface area contributed by atoms with Crippen molar-refractivity contribution in [1.29, 1.82) is 0 Å². The molecule has 0 saturated carbocycles. The number of carbonyl (C=O) groups excluding carboxylic acids is 3. The number of imidazole rings is 1. The maximum Gasteiger partial charge on any atom is 0.269 e. The number of nitrogens with one attached hydrogen (secondary N) is 2. The van der Waals surface area contributed by atoms with Crippen molar-refractivity contribution in [2.75, 3.05) is 19.6 Å². The summed E-state index contributed by atoms with van der Waals surface area (Å²) < 4.78 is 2.25. The second-order valence-corrected chi connectivity index (χ2v) is 10.4. The van der Waals surface area contributed by atoms with Gasteiger partial charge in [0.1, 0.15) is 11.5 Å². The van der Waals surface area contributed by atoms with Crippen LogP contribution in [-0.2, 0) is 29.1 Å². The van der Waals surface area contributed by atoms with Crippen LogP contribution in [0.25, 0.3) is 33.3 Å². The molecule has 6 rings (SSSR count). The number of fused-ring (bicyclic) bond motifs is 2. The van der Waals surface area contributed by atoms with Crippen LogP contribution in [0.15, 0.2) is 48.8 Å². The highest BCUT2D eigenvalue weighted by Gasteiger charge is 2.26. The highest BCUT2D eigenvalue weighted by atomic mass is 16.2. The molecule has 0 aliphatic carbocycles. The molecule has 4 aromatic rings. The summed E-state index contributed by atoms with van der Waals surface area (Å²) in [6, 6.07) is 11.7. The molecule has 2 aliphatic heterocycles. The van der Waals surface area contributed by atoms with Crippen molar-refractivity contribution < 1.29 is 14.4 Å². The van der Waals surface area contributed by atoms with Crippen molar-refractivity contribution in [3.8, 4) is 22.5 Å². The lowest BCUT2D eigenvalue weighted by Gasteiger charge is -2.28. The number of pyridine rings is 2. The SMILES string of the molecule is CCc1nc(-c2cccc3cc(-c4ccc(C(=O)NCC5CNC(=O)C5)nc4)ncc23)c2n1CCN(C(C)=O)C2. The second kappa shape index (κ2) is 10.5. The fraction of sp³-hybridized carbons (Fsp3) is 0.333. The Kier molecular flexibility index (Phi) is 6.75. The van der Waals surface area contributed by atoms with Gasteiger partial charge in [0.05, 0.1) is 23.6 Å². The maximum atomic E-state index is 12.5. The first-order valence-corrected chi connectivity index (χ1v) is 13.7. The van der Waals surface area contributed by atoms with Crippen LogP contribution in [0.1, 0.15) is 42.3 Å². The Labute approximate surface area is 231 Å². The molecular weight excluding hydrogens is 506 g/mol. The standard InChI is InChI=1S/C30H31N7O3/c1-3-27-35-29(26-17-36(18(2)38)9-10-37(26)27)22-6-4-5-20-12-25(32-16-23(20)22)21-7-8-24(31-15-21)30(40)34-14-19-11-28(39)33-13-19/h4-8,12,15-16,19H,3,9-11,13-14,17H2,1-2H3,(H,33,39)(H,34,40). The first-order chi connectivity index (χ1) is 19.4. The van der Waals surface area contributed by atoms with Gasteiger partial charge in [0.15, 0.2) is 0 Å². The number of aromatic nitrogens is 4. The molecule has 10 heteroatoms. The average Bonchev–Trinajstić information content (AvgIpc) is 3.57. The van der Waals surface area contributed by atoms with Crippen LogP contribution >= 0.6 is 0 Å². The normalized spacial score (nSPS) is 16.6. The van der Waals surface area contributed by atoms with Gasteiger partial charge in [-0.2, -0.15) is 0 Å². The molecule has 1 saturated heterocycles. The minimum Gasteiger partial charge on any atom is -0.356 e. The van der Waals surface area contributed by atoms with E-state index in [1.807, 2.05) is 35.4 Å². The smallest absolute Gasteiger partial charge is 0.269 e. The molecule has 0 bridgehead atoms. The summed E-state index contributed by atoms with van der Waals surface area (Å²) in [6.45, 7) is 6.71. The molecule has 0 spiro atoms. The predicted molar refractivity (Wildman–Crippen MR) is 150 cm³/mol. The van der Waals surface area contributed by atoms with Crippen LogP contribution in [0.2, 0.25) is 0 Å². The quantitative estimate of drug-likeness (QED) is 0.390. The van der Waals surface area contributed by atoms with E-state index in [0.717, 1.165) is 57.8 Å². The Hall–Kier alpha value is -4.60. The predicted octanol–water partition coefficient (Wildman–Crippen LogP) is 2.95. The minimum absolute atomic E-state index is 0.0198. The summed E-state index contributed by atoms with van der Waals surface area (Å²) >= 11 is 0. The largest absolute Gasteiger partial charge is 0.356 e. The second-order valence-electron chi connectivity index (χ2n) is 10.4. The molecule has 5 heterocycles. The van der Waals surface area contributed by atoms with Gasteiger partial charge in [-0.15, -0.1) is 0 Å². The Balaban J connectivity index is 1.26. The minimum atomic E-state index is -0.264. The first-order valence-electron chi connectivity index (χ1n) is 13.7. The van der Waals surface area contributed by atoms with Crippen LogP contribution in [0.4, 0.5) is 0 Å². The number of rotatable bonds is 6. The van der Waals surface area contributed by atoms with Crippen molar-refractivity contribution in [2.24, 2.45) is 5.92 Å². The topological polar surface area (TPSA) is 122 Å². The lowest BCUT2D eigenvalue weighted by atomic mass is 10.0. The number of aryl methyl sites for hydroxylation is 1. The molecule has 2 N–H and O–H groups in total. The summed E-state index contributed by atoms with van der Waals surface area (Å²) in [6.07, 6.45) is 4.77. The zero-order valence-corrected chi connectivity index (χ0v) is 22.6. The average molecular weight is 538 g/mol. The molecule has 3 aromatic heterocycles.